The van der Waals surface area contributed by atoms with E-state index in [2.05, 4.69) is 89.7 Å². The molecular formula is C50H27N7O2Pt2. The SMILES string of the molecule is [2H]c1cnc(-n2c3[c-]c(Oc4[c-]c5c(cc4)c4ccccc4n5-c4ccccn4)ccc3c3ccc(Oc4[c-]c5c(cc4)c4ccccc4n5-c4ccccn4)[c-]c32)nc1.[Pt+2].[Pt+2]. The minimum absolute atomic E-state index is 0. The Kier molecular flexibility index (Phi) is 9.49. The molecule has 9 nitrogen and oxygen atoms in total. The van der Waals surface area contributed by atoms with E-state index in [1.165, 1.54) is 12.4 Å². The van der Waals surface area contributed by atoms with Crippen LogP contribution < -0.4 is 9.47 Å². The Labute approximate surface area is 378 Å². The van der Waals surface area contributed by atoms with Crippen molar-refractivity contribution in [1.29, 1.82) is 0 Å². The summed E-state index contributed by atoms with van der Waals surface area (Å²) >= 11 is 0. The molecule has 0 aliphatic heterocycles. The van der Waals surface area contributed by atoms with Crippen LogP contribution in [-0.4, -0.2) is 33.6 Å². The maximum atomic E-state index is 8.08. The van der Waals surface area contributed by atoms with E-state index in [1.54, 1.807) is 12.4 Å². The molecule has 11 heteroatoms. The largest absolute Gasteiger partial charge is 2.00 e. The van der Waals surface area contributed by atoms with Crippen LogP contribution in [0.5, 0.6) is 23.0 Å². The molecule has 294 valence electrons. The van der Waals surface area contributed by atoms with Gasteiger partial charge in [-0.2, -0.15) is 35.0 Å². The van der Waals surface area contributed by atoms with Gasteiger partial charge in [-0.3, -0.25) is 0 Å². The van der Waals surface area contributed by atoms with E-state index in [0.717, 1.165) is 66.0 Å². The van der Waals surface area contributed by atoms with Crippen LogP contribution in [0.25, 0.3) is 83.0 Å². The van der Waals surface area contributed by atoms with E-state index in [4.69, 9.17) is 10.8 Å². The summed E-state index contributed by atoms with van der Waals surface area (Å²) in [6.45, 7) is 0. The molecule has 12 aromatic rings. The van der Waals surface area contributed by atoms with Gasteiger partial charge >= 0.3 is 42.1 Å². The molecule has 0 aliphatic rings. The van der Waals surface area contributed by atoms with Crippen molar-refractivity contribution in [3.8, 4) is 40.6 Å². The zero-order valence-electron chi connectivity index (χ0n) is 32.6. The summed E-state index contributed by atoms with van der Waals surface area (Å²) in [5, 5.41) is 6.06. The molecule has 0 amide bonds. The molecular weight excluding hydrogens is 1120 g/mol. The first kappa shape index (κ1) is 37.1. The zero-order chi connectivity index (χ0) is 39.7. The third kappa shape index (κ3) is 6.40. The van der Waals surface area contributed by atoms with Crippen molar-refractivity contribution < 1.29 is 53.0 Å². The van der Waals surface area contributed by atoms with Gasteiger partial charge in [0.1, 0.15) is 11.6 Å². The van der Waals surface area contributed by atoms with Crippen molar-refractivity contribution in [2.45, 2.75) is 0 Å². The molecule has 0 saturated carbocycles. The normalized spacial score (nSPS) is 11.6. The molecule has 0 unspecified atom stereocenters. The molecule has 12 rings (SSSR count). The number of aromatic nitrogens is 7. The van der Waals surface area contributed by atoms with E-state index in [-0.39, 0.29) is 48.2 Å². The van der Waals surface area contributed by atoms with Gasteiger partial charge in [-0.1, -0.05) is 70.6 Å². The fourth-order valence-corrected chi connectivity index (χ4v) is 8.07. The quantitative estimate of drug-likeness (QED) is 0.148. The predicted molar refractivity (Wildman–Crippen MR) is 229 cm³/mol. The minimum atomic E-state index is 0. The number of hydrogen-bond donors (Lipinski definition) is 0. The monoisotopic (exact) mass is 1150 g/mol. The summed E-state index contributed by atoms with van der Waals surface area (Å²) in [4.78, 5) is 18.4. The van der Waals surface area contributed by atoms with E-state index >= 15 is 0 Å². The summed E-state index contributed by atoms with van der Waals surface area (Å²) in [6, 6.07) is 58.2. The standard InChI is InChI=1S/C50H27N7O2.2Pt/c1-3-12-42-36(10-1)38-20-16-32(28-44(38)55(42)48-14-5-7-24-51-48)58-34-18-22-40-41-23-19-35(31-47(41)57(46(40)30-34)50-53-26-9-27-54-50)59-33-17-21-39-37-11-2-4-13-43(37)56(45(39)29-33)49-15-6-8-25-52-49;;/h1-27H;;/q-4;2*+2/i9D;;. The Morgan fingerprint density at radius 1 is 0.377 bits per heavy atom. The number of rotatable bonds is 7. The third-order valence-electron chi connectivity index (χ3n) is 10.6. The molecule has 6 heterocycles. The maximum absolute atomic E-state index is 8.08. The fourth-order valence-electron chi connectivity index (χ4n) is 8.07. The number of hydrogen-bond acceptors (Lipinski definition) is 6. The average molecular weight is 1150 g/mol. The van der Waals surface area contributed by atoms with E-state index < -0.39 is 0 Å². The Hall–Kier alpha value is -6.92. The van der Waals surface area contributed by atoms with Crippen molar-refractivity contribution >= 4 is 65.4 Å². The van der Waals surface area contributed by atoms with Gasteiger partial charge in [0.2, 0.25) is 5.95 Å². The molecule has 6 aromatic carbocycles. The van der Waals surface area contributed by atoms with Gasteiger partial charge in [-0.05, 0) is 53.2 Å². The van der Waals surface area contributed by atoms with E-state index in [9.17, 15) is 0 Å². The first-order chi connectivity index (χ1) is 29.6. The summed E-state index contributed by atoms with van der Waals surface area (Å²) in [7, 11) is 0. The fraction of sp³-hybridized carbons (Fsp3) is 0. The van der Waals surface area contributed by atoms with Crippen molar-refractivity contribution in [2.75, 3.05) is 0 Å². The van der Waals surface area contributed by atoms with Crippen LogP contribution in [0.15, 0.2) is 164 Å². The van der Waals surface area contributed by atoms with Gasteiger partial charge < -0.3 is 23.2 Å². The molecule has 0 bridgehead atoms. The van der Waals surface area contributed by atoms with Crippen LogP contribution in [0, 0.1) is 24.3 Å². The Bertz CT molecular complexity index is 3410. The third-order valence-corrected chi connectivity index (χ3v) is 10.6. The Morgan fingerprint density at radius 3 is 1.16 bits per heavy atom. The molecule has 0 saturated heterocycles. The molecule has 0 aliphatic carbocycles. The van der Waals surface area contributed by atoms with Crippen molar-refractivity contribution in [1.82, 2.24) is 33.6 Å². The number of ether oxygens (including phenoxy) is 2. The average Bonchev–Trinajstić information content (AvgIpc) is 3.92. The van der Waals surface area contributed by atoms with Crippen molar-refractivity contribution in [3.63, 3.8) is 0 Å². The molecule has 0 fully saturated rings. The van der Waals surface area contributed by atoms with E-state index in [0.29, 0.717) is 40.0 Å². The molecule has 0 N–H and O–H groups in total. The minimum Gasteiger partial charge on any atom is -0.509 e. The van der Waals surface area contributed by atoms with Crippen LogP contribution in [0.1, 0.15) is 1.37 Å². The predicted octanol–water partition coefficient (Wildman–Crippen LogP) is 11.3. The maximum Gasteiger partial charge on any atom is 2.00 e. The van der Waals surface area contributed by atoms with Gasteiger partial charge in [0, 0.05) is 58.8 Å². The van der Waals surface area contributed by atoms with Crippen LogP contribution >= 0.6 is 0 Å². The second-order valence-corrected chi connectivity index (χ2v) is 13.9. The number of benzene rings is 6. The Morgan fingerprint density at radius 2 is 0.754 bits per heavy atom. The Balaban J connectivity index is 0.00000229. The number of pyridine rings is 2. The summed E-state index contributed by atoms with van der Waals surface area (Å²) < 4.78 is 27.2. The van der Waals surface area contributed by atoms with Gasteiger partial charge in [-0.25, -0.2) is 19.9 Å². The van der Waals surface area contributed by atoms with Gasteiger partial charge in [0.15, 0.2) is 0 Å². The molecule has 0 spiro atoms. The van der Waals surface area contributed by atoms with Crippen molar-refractivity contribution in [2.24, 2.45) is 0 Å². The van der Waals surface area contributed by atoms with Crippen molar-refractivity contribution in [3.05, 3.63) is 189 Å². The van der Waals surface area contributed by atoms with Crippen LogP contribution in [0.3, 0.4) is 0 Å². The van der Waals surface area contributed by atoms with Gasteiger partial charge in [0.05, 0.1) is 1.37 Å². The number of para-hydroxylation sites is 2. The molecule has 61 heavy (non-hydrogen) atoms. The molecule has 0 radical (unpaired) electrons. The molecule has 0 atom stereocenters. The summed E-state index contributed by atoms with van der Waals surface area (Å²) in [5.41, 5.74) is 5.10. The van der Waals surface area contributed by atoms with Crippen LogP contribution in [0.2, 0.25) is 0 Å². The number of fused-ring (bicyclic) bond motifs is 9. The summed E-state index contributed by atoms with van der Waals surface area (Å²) in [6.07, 6.45) is 6.51. The van der Waals surface area contributed by atoms with Gasteiger partial charge in [0.25, 0.3) is 0 Å². The first-order valence-electron chi connectivity index (χ1n) is 19.5. The molecule has 6 aromatic heterocycles. The van der Waals surface area contributed by atoms with E-state index in [1.807, 2.05) is 102 Å². The topological polar surface area (TPSA) is 84.8 Å². The smallest absolute Gasteiger partial charge is 0.509 e. The summed E-state index contributed by atoms with van der Waals surface area (Å²) in [5.74, 6) is 3.93. The number of nitrogens with zero attached hydrogens (tertiary/aromatic N) is 7. The van der Waals surface area contributed by atoms with Crippen LogP contribution in [-0.2, 0) is 42.1 Å². The second kappa shape index (κ2) is 15.6. The van der Waals surface area contributed by atoms with Crippen LogP contribution in [0.4, 0.5) is 0 Å². The zero-order valence-corrected chi connectivity index (χ0v) is 36.1. The van der Waals surface area contributed by atoms with Gasteiger partial charge in [-0.15, -0.1) is 59.3 Å². The first-order valence-corrected chi connectivity index (χ1v) is 19.0. The second-order valence-electron chi connectivity index (χ2n) is 13.9.